The summed E-state index contributed by atoms with van der Waals surface area (Å²) in [5.74, 6) is -0.616. The van der Waals surface area contributed by atoms with E-state index in [0.717, 1.165) is 17.2 Å². The maximum Gasteiger partial charge on any atom is 0.433 e. The molecule has 0 spiro atoms. The van der Waals surface area contributed by atoms with Crippen molar-refractivity contribution in [2.75, 3.05) is 13.7 Å². The Morgan fingerprint density at radius 3 is 2.50 bits per heavy atom. The molecule has 0 aromatic carbocycles. The second kappa shape index (κ2) is 9.47. The van der Waals surface area contributed by atoms with Crippen molar-refractivity contribution in [2.45, 2.75) is 57.7 Å². The Bertz CT molecular complexity index is 1030. The van der Waals surface area contributed by atoms with E-state index in [4.69, 9.17) is 9.47 Å². The number of methoxy groups -OCH3 is 1. The van der Waals surface area contributed by atoms with E-state index in [9.17, 15) is 27.2 Å². The molecule has 1 aliphatic heterocycles. The van der Waals surface area contributed by atoms with Crippen LogP contribution in [0.1, 0.15) is 38.4 Å². The van der Waals surface area contributed by atoms with E-state index in [2.05, 4.69) is 15.4 Å². The molecule has 2 unspecified atom stereocenters. The predicted octanol–water partition coefficient (Wildman–Crippen LogP) is 3.26. The summed E-state index contributed by atoms with van der Waals surface area (Å²) in [7, 11) is 1.34. The fourth-order valence-corrected chi connectivity index (χ4v) is 3.38. The van der Waals surface area contributed by atoms with Crippen LogP contribution in [0.2, 0.25) is 0 Å². The van der Waals surface area contributed by atoms with Crippen LogP contribution in [-0.2, 0) is 22.3 Å². The predicted molar refractivity (Wildman–Crippen MR) is 111 cm³/mol. The summed E-state index contributed by atoms with van der Waals surface area (Å²) in [6.07, 6.45) is -4.47. The molecular weight excluding hydrogens is 462 g/mol. The first-order valence-corrected chi connectivity index (χ1v) is 10.4. The van der Waals surface area contributed by atoms with Gasteiger partial charge in [0.2, 0.25) is 11.8 Å². The van der Waals surface area contributed by atoms with Gasteiger partial charge in [-0.15, -0.1) is 5.10 Å². The highest BCUT2D eigenvalue weighted by atomic mass is 19.4. The molecule has 3 heterocycles. The normalized spacial score (nSPS) is 18.6. The second-order valence-corrected chi connectivity index (χ2v) is 8.65. The summed E-state index contributed by atoms with van der Waals surface area (Å²) in [5, 5.41) is 6.69. The number of aromatic nitrogens is 3. The van der Waals surface area contributed by atoms with Crippen molar-refractivity contribution >= 4 is 12.0 Å². The molecule has 0 radical (unpaired) electrons. The van der Waals surface area contributed by atoms with E-state index in [-0.39, 0.29) is 31.1 Å². The van der Waals surface area contributed by atoms with Crippen LogP contribution in [0.25, 0.3) is 5.69 Å². The minimum atomic E-state index is -4.57. The fourth-order valence-electron chi connectivity index (χ4n) is 3.38. The average molecular weight is 487 g/mol. The topological polar surface area (TPSA) is 98.6 Å². The molecule has 34 heavy (non-hydrogen) atoms. The highest BCUT2D eigenvalue weighted by molar-refractivity contribution is 5.87. The lowest BCUT2D eigenvalue weighted by Crippen LogP contribution is -2.50. The smallest absolute Gasteiger partial charge is 0.433 e. The van der Waals surface area contributed by atoms with Gasteiger partial charge in [0.15, 0.2) is 0 Å². The highest BCUT2D eigenvalue weighted by Gasteiger charge is 2.44. The third-order valence-electron chi connectivity index (χ3n) is 4.92. The van der Waals surface area contributed by atoms with Crippen LogP contribution < -0.4 is 10.1 Å². The largest absolute Gasteiger partial charge is 0.480 e. The molecular formula is C21H25F4N5O4. The molecule has 2 aromatic rings. The van der Waals surface area contributed by atoms with Gasteiger partial charge in [-0.1, -0.05) is 0 Å². The second-order valence-electron chi connectivity index (χ2n) is 8.65. The van der Waals surface area contributed by atoms with E-state index in [1.807, 2.05) is 0 Å². The Balaban J connectivity index is 1.71. The zero-order valence-corrected chi connectivity index (χ0v) is 19.0. The quantitative estimate of drug-likeness (QED) is 0.651. The number of hydrogen-bond acceptors (Lipinski definition) is 6. The van der Waals surface area contributed by atoms with Crippen LogP contribution in [-0.4, -0.2) is 63.1 Å². The Kier molecular flexibility index (Phi) is 7.03. The van der Waals surface area contributed by atoms with Crippen molar-refractivity contribution < 1.29 is 36.6 Å². The highest BCUT2D eigenvalue weighted by Crippen LogP contribution is 2.28. The Morgan fingerprint density at radius 2 is 1.94 bits per heavy atom. The summed E-state index contributed by atoms with van der Waals surface area (Å²) in [6, 6.07) is 0.655. The first-order chi connectivity index (χ1) is 15.8. The minimum Gasteiger partial charge on any atom is -0.480 e. The van der Waals surface area contributed by atoms with Gasteiger partial charge in [-0.3, -0.25) is 9.69 Å². The Labute approximate surface area is 193 Å². The van der Waals surface area contributed by atoms with E-state index < -0.39 is 41.7 Å². The molecule has 2 aromatic heterocycles. The molecule has 186 valence electrons. The number of likely N-dealkylation sites (tertiary alicyclic amines) is 1. The summed E-state index contributed by atoms with van der Waals surface area (Å²) in [5.41, 5.74) is -1.23. The van der Waals surface area contributed by atoms with Crippen LogP contribution in [0.4, 0.5) is 22.4 Å². The van der Waals surface area contributed by atoms with Crippen molar-refractivity contribution in [3.8, 4) is 11.6 Å². The Hall–Kier alpha value is -3.38. The van der Waals surface area contributed by atoms with Crippen molar-refractivity contribution in [1.82, 2.24) is 25.0 Å². The Morgan fingerprint density at radius 1 is 1.24 bits per heavy atom. The molecule has 3 rings (SSSR count). The number of carbonyl (C=O) groups is 2. The summed E-state index contributed by atoms with van der Waals surface area (Å²) < 4.78 is 64.3. The number of pyridine rings is 1. The number of alkyl halides is 4. The number of nitrogens with zero attached hydrogens (tertiary/aromatic N) is 4. The van der Waals surface area contributed by atoms with Crippen LogP contribution in [0.15, 0.2) is 24.5 Å². The molecule has 1 aliphatic rings. The first-order valence-electron chi connectivity index (χ1n) is 10.4. The molecule has 1 saturated heterocycles. The number of halogens is 4. The lowest BCUT2D eigenvalue weighted by Gasteiger charge is -2.28. The van der Waals surface area contributed by atoms with Gasteiger partial charge in [-0.05, 0) is 39.3 Å². The van der Waals surface area contributed by atoms with Crippen molar-refractivity contribution in [1.29, 1.82) is 0 Å². The molecule has 9 nitrogen and oxygen atoms in total. The molecule has 1 N–H and O–H groups in total. The number of nitrogens with one attached hydrogen (secondary N) is 1. The van der Waals surface area contributed by atoms with Crippen LogP contribution in [0.5, 0.6) is 5.88 Å². The number of carbonyl (C=O) groups excluding carboxylic acids is 2. The van der Waals surface area contributed by atoms with E-state index in [1.165, 1.54) is 24.1 Å². The van der Waals surface area contributed by atoms with Gasteiger partial charge in [-0.25, -0.2) is 18.9 Å². The third-order valence-corrected chi connectivity index (χ3v) is 4.92. The average Bonchev–Trinajstić information content (AvgIpc) is 3.33. The van der Waals surface area contributed by atoms with Crippen LogP contribution in [0, 0.1) is 0 Å². The number of hydrogen-bond donors (Lipinski definition) is 1. The van der Waals surface area contributed by atoms with Gasteiger partial charge < -0.3 is 14.8 Å². The third kappa shape index (κ3) is 5.75. The van der Waals surface area contributed by atoms with Crippen molar-refractivity contribution in [3.63, 3.8) is 0 Å². The maximum absolute atomic E-state index is 14.5. The van der Waals surface area contributed by atoms with E-state index in [0.29, 0.717) is 5.56 Å². The molecule has 1 fully saturated rings. The first kappa shape index (κ1) is 25.2. The zero-order valence-electron chi connectivity index (χ0n) is 19.0. The van der Waals surface area contributed by atoms with Gasteiger partial charge in [0, 0.05) is 19.3 Å². The van der Waals surface area contributed by atoms with Gasteiger partial charge in [0.25, 0.3) is 0 Å². The fraction of sp³-hybridized carbons (Fsp3) is 0.524. The number of rotatable bonds is 5. The summed E-state index contributed by atoms with van der Waals surface area (Å²) >= 11 is 0. The van der Waals surface area contributed by atoms with Gasteiger partial charge in [-0.2, -0.15) is 13.2 Å². The van der Waals surface area contributed by atoms with E-state index >= 15 is 0 Å². The zero-order chi connectivity index (χ0) is 25.3. The van der Waals surface area contributed by atoms with E-state index in [1.54, 1.807) is 20.8 Å². The molecule has 0 saturated carbocycles. The molecule has 2 amide bonds. The van der Waals surface area contributed by atoms with Crippen LogP contribution in [0.3, 0.4) is 0 Å². The van der Waals surface area contributed by atoms with Crippen molar-refractivity contribution in [3.05, 3.63) is 35.8 Å². The van der Waals surface area contributed by atoms with Crippen molar-refractivity contribution in [2.24, 2.45) is 0 Å². The SMILES string of the molecule is COc1nn(-c2ccc(C(F)(F)F)nc2)cc1CNC(=O)C1C(F)CCN1C(=O)OC(C)(C)C. The lowest BCUT2D eigenvalue weighted by molar-refractivity contribution is -0.141. The maximum atomic E-state index is 14.5. The minimum absolute atomic E-state index is 0.000492. The number of amides is 2. The molecule has 2 atom stereocenters. The lowest BCUT2D eigenvalue weighted by atomic mass is 10.1. The summed E-state index contributed by atoms with van der Waals surface area (Å²) in [6.45, 7) is 4.91. The van der Waals surface area contributed by atoms with Crippen LogP contribution >= 0.6 is 0 Å². The standard InChI is InChI=1S/C21H25F4N5O4/c1-20(2,3)34-19(32)29-8-7-14(22)16(29)17(31)27-9-12-11-30(28-18(12)33-4)13-5-6-15(26-10-13)21(23,24)25/h5-6,10-11,14,16H,7-9H2,1-4H3,(H,27,31). The summed E-state index contributed by atoms with van der Waals surface area (Å²) in [4.78, 5) is 29.6. The van der Waals surface area contributed by atoms with Gasteiger partial charge in [0.05, 0.1) is 24.6 Å². The molecule has 0 aliphatic carbocycles. The monoisotopic (exact) mass is 487 g/mol. The molecule has 13 heteroatoms. The molecule has 0 bridgehead atoms. The van der Waals surface area contributed by atoms with Gasteiger partial charge >= 0.3 is 12.3 Å². The number of ether oxygens (including phenoxy) is 2. The van der Waals surface area contributed by atoms with Gasteiger partial charge in [0.1, 0.15) is 23.5 Å².